The van der Waals surface area contributed by atoms with E-state index in [0.29, 0.717) is 11.1 Å². The van der Waals surface area contributed by atoms with Crippen LogP contribution in [-0.2, 0) is 16.1 Å². The zero-order valence-electron chi connectivity index (χ0n) is 17.5. The number of benzene rings is 3. The van der Waals surface area contributed by atoms with E-state index in [1.807, 2.05) is 30.3 Å². The van der Waals surface area contributed by atoms with Gasteiger partial charge in [-0.25, -0.2) is 4.39 Å². The second kappa shape index (κ2) is 10.3. The Morgan fingerprint density at radius 2 is 1.69 bits per heavy atom. The quantitative estimate of drug-likeness (QED) is 0.528. The summed E-state index contributed by atoms with van der Waals surface area (Å²) in [5.74, 6) is -2.89. The largest absolute Gasteiger partial charge is 0.461 e. The molecule has 0 bridgehead atoms. The number of rotatable bonds is 8. The van der Waals surface area contributed by atoms with E-state index in [4.69, 9.17) is 10.5 Å². The van der Waals surface area contributed by atoms with Crippen molar-refractivity contribution in [1.29, 1.82) is 0 Å². The van der Waals surface area contributed by atoms with Crippen LogP contribution in [0.25, 0.3) is 11.1 Å². The standard InChI is InChI=1S/C25H23FN2O4/c1-16(25(31)32-15-17-7-3-2-4-8-17)14-28-24(30)19-11-18(12-20(26)13-19)21-9-5-6-10-22(21)23(27)29/h2-13,16H,14-15H2,1H3,(H2,27,29)(H,28,30)/t16-/m1/s1. The Kier molecular flexibility index (Phi) is 7.33. The molecule has 1 atom stereocenters. The number of carbonyl (C=O) groups excluding carboxylic acids is 3. The van der Waals surface area contributed by atoms with Gasteiger partial charge < -0.3 is 15.8 Å². The van der Waals surface area contributed by atoms with Crippen LogP contribution in [0.2, 0.25) is 0 Å². The van der Waals surface area contributed by atoms with E-state index in [9.17, 15) is 18.8 Å². The molecule has 0 aliphatic carbocycles. The van der Waals surface area contributed by atoms with Crippen molar-refractivity contribution >= 4 is 17.8 Å². The molecule has 0 aliphatic heterocycles. The zero-order valence-corrected chi connectivity index (χ0v) is 17.5. The van der Waals surface area contributed by atoms with E-state index < -0.39 is 29.5 Å². The molecule has 0 saturated carbocycles. The van der Waals surface area contributed by atoms with Crippen LogP contribution in [0.1, 0.15) is 33.2 Å². The fourth-order valence-corrected chi connectivity index (χ4v) is 3.13. The molecular weight excluding hydrogens is 411 g/mol. The van der Waals surface area contributed by atoms with E-state index in [1.165, 1.54) is 18.2 Å². The molecule has 6 nitrogen and oxygen atoms in total. The lowest BCUT2D eigenvalue weighted by molar-refractivity contribution is -0.149. The number of nitrogens with one attached hydrogen (secondary N) is 1. The van der Waals surface area contributed by atoms with Gasteiger partial charge in [0.05, 0.1) is 5.92 Å². The number of hydrogen-bond donors (Lipinski definition) is 2. The number of ether oxygens (including phenoxy) is 1. The van der Waals surface area contributed by atoms with Crippen molar-refractivity contribution in [1.82, 2.24) is 5.32 Å². The van der Waals surface area contributed by atoms with E-state index in [0.717, 1.165) is 11.6 Å². The van der Waals surface area contributed by atoms with Gasteiger partial charge in [0.1, 0.15) is 12.4 Å². The lowest BCUT2D eigenvalue weighted by Crippen LogP contribution is -2.32. The van der Waals surface area contributed by atoms with Crippen LogP contribution in [-0.4, -0.2) is 24.3 Å². The summed E-state index contributed by atoms with van der Waals surface area (Å²) < 4.78 is 19.5. The monoisotopic (exact) mass is 434 g/mol. The van der Waals surface area contributed by atoms with Gasteiger partial charge in [-0.2, -0.15) is 0 Å². The molecule has 0 radical (unpaired) electrons. The maximum absolute atomic E-state index is 14.2. The fraction of sp³-hybridized carbons (Fsp3) is 0.160. The van der Waals surface area contributed by atoms with E-state index in [2.05, 4.69) is 5.32 Å². The highest BCUT2D eigenvalue weighted by Crippen LogP contribution is 2.25. The third-order valence-corrected chi connectivity index (χ3v) is 4.86. The van der Waals surface area contributed by atoms with Gasteiger partial charge in [0.25, 0.3) is 5.91 Å². The lowest BCUT2D eigenvalue weighted by atomic mass is 9.97. The van der Waals surface area contributed by atoms with Crippen LogP contribution in [0.4, 0.5) is 4.39 Å². The molecule has 2 amide bonds. The predicted molar refractivity (Wildman–Crippen MR) is 118 cm³/mol. The van der Waals surface area contributed by atoms with Crippen molar-refractivity contribution < 1.29 is 23.5 Å². The molecule has 3 N–H and O–H groups in total. The second-order valence-corrected chi connectivity index (χ2v) is 7.34. The van der Waals surface area contributed by atoms with Crippen LogP contribution in [0, 0.1) is 11.7 Å². The van der Waals surface area contributed by atoms with Crippen molar-refractivity contribution in [3.05, 3.63) is 95.3 Å². The van der Waals surface area contributed by atoms with Gasteiger partial charge >= 0.3 is 5.97 Å². The van der Waals surface area contributed by atoms with Crippen molar-refractivity contribution in [2.45, 2.75) is 13.5 Å². The summed E-state index contributed by atoms with van der Waals surface area (Å²) in [7, 11) is 0. The van der Waals surface area contributed by atoms with Gasteiger partial charge in [0, 0.05) is 17.7 Å². The average Bonchev–Trinajstić information content (AvgIpc) is 2.80. The van der Waals surface area contributed by atoms with Gasteiger partial charge in [-0.15, -0.1) is 0 Å². The topological polar surface area (TPSA) is 98.5 Å². The molecule has 0 spiro atoms. The van der Waals surface area contributed by atoms with Crippen LogP contribution >= 0.6 is 0 Å². The number of esters is 1. The van der Waals surface area contributed by atoms with Gasteiger partial charge in [0.15, 0.2) is 0 Å². The number of hydrogen-bond acceptors (Lipinski definition) is 4. The van der Waals surface area contributed by atoms with E-state index >= 15 is 0 Å². The van der Waals surface area contributed by atoms with Crippen molar-refractivity contribution in [2.24, 2.45) is 11.7 Å². The van der Waals surface area contributed by atoms with E-state index in [-0.39, 0.29) is 24.3 Å². The Balaban J connectivity index is 1.65. The Morgan fingerprint density at radius 1 is 1.00 bits per heavy atom. The molecule has 0 heterocycles. The molecule has 3 aromatic carbocycles. The van der Waals surface area contributed by atoms with Gasteiger partial charge in [-0.05, 0) is 41.0 Å². The van der Waals surface area contributed by atoms with Gasteiger partial charge in [0.2, 0.25) is 5.91 Å². The smallest absolute Gasteiger partial charge is 0.310 e. The summed E-state index contributed by atoms with van der Waals surface area (Å²) in [6.07, 6.45) is 0. The maximum Gasteiger partial charge on any atom is 0.310 e. The minimum atomic E-state index is -0.654. The number of halogens is 1. The molecule has 3 rings (SSSR count). The third kappa shape index (κ3) is 5.78. The third-order valence-electron chi connectivity index (χ3n) is 4.86. The van der Waals surface area contributed by atoms with E-state index in [1.54, 1.807) is 25.1 Å². The average molecular weight is 434 g/mol. The molecule has 0 unspecified atom stereocenters. The summed E-state index contributed by atoms with van der Waals surface area (Å²) in [6, 6.07) is 19.5. The van der Waals surface area contributed by atoms with Crippen molar-refractivity contribution in [3.8, 4) is 11.1 Å². The fourth-order valence-electron chi connectivity index (χ4n) is 3.13. The number of primary amides is 1. The first kappa shape index (κ1) is 22.7. The minimum Gasteiger partial charge on any atom is -0.461 e. The first-order valence-electron chi connectivity index (χ1n) is 10.0. The zero-order chi connectivity index (χ0) is 23.1. The summed E-state index contributed by atoms with van der Waals surface area (Å²) in [5.41, 5.74) is 7.32. The first-order valence-corrected chi connectivity index (χ1v) is 10.0. The maximum atomic E-state index is 14.2. The molecule has 164 valence electrons. The highest BCUT2D eigenvalue weighted by Gasteiger charge is 2.18. The van der Waals surface area contributed by atoms with Crippen LogP contribution in [0.5, 0.6) is 0 Å². The highest BCUT2D eigenvalue weighted by atomic mass is 19.1. The highest BCUT2D eigenvalue weighted by molar-refractivity contribution is 6.01. The Morgan fingerprint density at radius 3 is 2.41 bits per heavy atom. The lowest BCUT2D eigenvalue weighted by Gasteiger charge is -2.13. The Hall–Kier alpha value is -4.00. The van der Waals surface area contributed by atoms with Gasteiger partial charge in [-0.1, -0.05) is 55.5 Å². The number of nitrogens with two attached hydrogens (primary N) is 1. The molecule has 0 aromatic heterocycles. The van der Waals surface area contributed by atoms with Gasteiger partial charge in [-0.3, -0.25) is 14.4 Å². The Labute approximate surface area is 185 Å². The normalized spacial score (nSPS) is 11.4. The Bertz CT molecular complexity index is 1130. The van der Waals surface area contributed by atoms with Crippen molar-refractivity contribution in [2.75, 3.05) is 6.54 Å². The minimum absolute atomic E-state index is 0.0240. The van der Waals surface area contributed by atoms with Crippen LogP contribution in [0.15, 0.2) is 72.8 Å². The molecule has 0 aliphatic rings. The first-order chi connectivity index (χ1) is 15.3. The summed E-state index contributed by atoms with van der Waals surface area (Å²) in [4.78, 5) is 36.5. The second-order valence-electron chi connectivity index (χ2n) is 7.34. The van der Waals surface area contributed by atoms with Crippen molar-refractivity contribution in [3.63, 3.8) is 0 Å². The molecule has 0 saturated heterocycles. The molecule has 0 fully saturated rings. The summed E-state index contributed by atoms with van der Waals surface area (Å²) >= 11 is 0. The molecule has 7 heteroatoms. The number of amides is 2. The molecule has 3 aromatic rings. The predicted octanol–water partition coefficient (Wildman–Crippen LogP) is 3.70. The summed E-state index contributed by atoms with van der Waals surface area (Å²) in [5, 5.41) is 2.62. The molecule has 32 heavy (non-hydrogen) atoms. The SMILES string of the molecule is C[C@H](CNC(=O)c1cc(F)cc(-c2ccccc2C(N)=O)c1)C(=O)OCc1ccccc1. The number of carbonyl (C=O) groups is 3. The van der Waals surface area contributed by atoms with Crippen LogP contribution in [0.3, 0.4) is 0 Å². The molecular formula is C25H23FN2O4. The van der Waals surface area contributed by atoms with Crippen LogP contribution < -0.4 is 11.1 Å². The summed E-state index contributed by atoms with van der Waals surface area (Å²) in [6.45, 7) is 1.80.